The van der Waals surface area contributed by atoms with Crippen LogP contribution in [0.3, 0.4) is 0 Å². The molecule has 13 heavy (non-hydrogen) atoms. The molecule has 1 heterocycles. The van der Waals surface area contributed by atoms with Crippen LogP contribution in [-0.2, 0) is 15.6 Å². The summed E-state index contributed by atoms with van der Waals surface area (Å²) < 4.78 is 22.4. The van der Waals surface area contributed by atoms with Gasteiger partial charge in [0.2, 0.25) is 0 Å². The van der Waals surface area contributed by atoms with Crippen molar-refractivity contribution in [1.82, 2.24) is 4.98 Å². The van der Waals surface area contributed by atoms with Gasteiger partial charge in [-0.05, 0) is 12.1 Å². The van der Waals surface area contributed by atoms with Crippen molar-refractivity contribution >= 4 is 21.4 Å². The average Bonchev–Trinajstić information content (AvgIpc) is 2.09. The fraction of sp³-hybridized carbons (Fsp3) is 0.375. The number of aromatic nitrogens is 1. The molecule has 1 aromatic heterocycles. The van der Waals surface area contributed by atoms with E-state index in [1.165, 1.54) is 6.20 Å². The van der Waals surface area contributed by atoms with Gasteiger partial charge >= 0.3 is 0 Å². The van der Waals surface area contributed by atoms with Crippen LogP contribution in [-0.4, -0.2) is 19.2 Å². The van der Waals surface area contributed by atoms with Crippen molar-refractivity contribution in [2.45, 2.75) is 12.7 Å². The van der Waals surface area contributed by atoms with E-state index >= 15 is 0 Å². The maximum atomic E-state index is 11.2. The normalized spacial score (nSPS) is 11.5. The monoisotopic (exact) mass is 219 g/mol. The van der Waals surface area contributed by atoms with E-state index in [2.05, 4.69) is 4.98 Å². The number of sulfone groups is 1. The highest BCUT2D eigenvalue weighted by Crippen LogP contribution is 2.14. The van der Waals surface area contributed by atoms with Crippen molar-refractivity contribution in [3.8, 4) is 0 Å². The molecule has 0 aliphatic rings. The Labute approximate surface area is 82.7 Å². The first-order valence-electron chi connectivity index (χ1n) is 3.85. The van der Waals surface area contributed by atoms with E-state index in [0.717, 1.165) is 0 Å². The predicted octanol–water partition coefficient (Wildman–Crippen LogP) is 1.67. The molecule has 3 nitrogen and oxygen atoms in total. The highest BCUT2D eigenvalue weighted by Gasteiger charge is 2.11. The van der Waals surface area contributed by atoms with Gasteiger partial charge < -0.3 is 0 Å². The molecule has 0 N–H and O–H groups in total. The lowest BCUT2D eigenvalue weighted by molar-refractivity contribution is 0.596. The Morgan fingerprint density at radius 1 is 1.54 bits per heavy atom. The Morgan fingerprint density at radius 3 is 2.77 bits per heavy atom. The molecule has 5 heteroatoms. The molecule has 0 bridgehead atoms. The molecular weight excluding hydrogens is 210 g/mol. The molecule has 1 aromatic rings. The van der Waals surface area contributed by atoms with Crippen molar-refractivity contribution in [2.24, 2.45) is 0 Å². The van der Waals surface area contributed by atoms with Crippen LogP contribution < -0.4 is 0 Å². The van der Waals surface area contributed by atoms with Crippen molar-refractivity contribution < 1.29 is 8.42 Å². The van der Waals surface area contributed by atoms with Gasteiger partial charge in [-0.2, -0.15) is 0 Å². The molecule has 0 aliphatic carbocycles. The van der Waals surface area contributed by atoms with Gasteiger partial charge in [-0.25, -0.2) is 8.42 Å². The molecule has 0 aromatic carbocycles. The Kier molecular flexibility index (Phi) is 3.27. The van der Waals surface area contributed by atoms with Crippen molar-refractivity contribution in [2.75, 3.05) is 5.75 Å². The number of halogens is 1. The molecular formula is C8H10ClNO2S. The minimum absolute atomic E-state index is 0.0802. The smallest absolute Gasteiger partial charge is 0.155 e. The maximum absolute atomic E-state index is 11.2. The second-order valence-electron chi connectivity index (χ2n) is 2.61. The largest absolute Gasteiger partial charge is 0.259 e. The third-order valence-corrected chi connectivity index (χ3v) is 3.57. The highest BCUT2D eigenvalue weighted by molar-refractivity contribution is 7.90. The Morgan fingerprint density at radius 2 is 2.23 bits per heavy atom. The third-order valence-electron chi connectivity index (χ3n) is 1.63. The van der Waals surface area contributed by atoms with E-state index < -0.39 is 9.84 Å². The molecule has 0 aliphatic heterocycles. The average molecular weight is 220 g/mol. The Hall–Kier alpha value is -0.610. The van der Waals surface area contributed by atoms with E-state index in [4.69, 9.17) is 11.6 Å². The molecule has 0 spiro atoms. The van der Waals surface area contributed by atoms with Gasteiger partial charge in [0.15, 0.2) is 9.84 Å². The fourth-order valence-corrected chi connectivity index (χ4v) is 1.95. The molecule has 0 saturated heterocycles. The van der Waals surface area contributed by atoms with Crippen molar-refractivity contribution in [3.05, 3.63) is 29.0 Å². The van der Waals surface area contributed by atoms with Crippen LogP contribution in [0.4, 0.5) is 0 Å². The predicted molar refractivity (Wildman–Crippen MR) is 52.4 cm³/mol. The number of rotatable bonds is 3. The topological polar surface area (TPSA) is 47.0 Å². The Bertz CT molecular complexity index is 389. The first-order valence-corrected chi connectivity index (χ1v) is 6.05. The molecule has 0 unspecified atom stereocenters. The summed E-state index contributed by atoms with van der Waals surface area (Å²) in [6.45, 7) is 1.60. The summed E-state index contributed by atoms with van der Waals surface area (Å²) in [5.41, 5.74) is 0.422. The lowest BCUT2D eigenvalue weighted by Gasteiger charge is -2.01. The van der Waals surface area contributed by atoms with Crippen LogP contribution in [0, 0.1) is 0 Å². The van der Waals surface area contributed by atoms with E-state index in [0.29, 0.717) is 10.7 Å². The molecule has 1 rings (SSSR count). The molecule has 0 atom stereocenters. The Balaban J connectivity index is 2.93. The summed E-state index contributed by atoms with van der Waals surface area (Å²) in [6, 6.07) is 3.31. The third kappa shape index (κ3) is 2.97. The zero-order valence-electron chi connectivity index (χ0n) is 7.20. The minimum atomic E-state index is -3.04. The van der Waals surface area contributed by atoms with Gasteiger partial charge in [0.1, 0.15) is 0 Å². The van der Waals surface area contributed by atoms with Gasteiger partial charge in [-0.3, -0.25) is 4.98 Å². The second-order valence-corrected chi connectivity index (χ2v) is 5.37. The molecule has 72 valence electrons. The maximum Gasteiger partial charge on any atom is 0.155 e. The molecule has 0 fully saturated rings. The first-order chi connectivity index (χ1) is 6.05. The van der Waals surface area contributed by atoms with Crippen LogP contribution in [0.5, 0.6) is 0 Å². The van der Waals surface area contributed by atoms with Gasteiger partial charge in [0, 0.05) is 11.9 Å². The lowest BCUT2D eigenvalue weighted by atomic mass is 10.4. The van der Waals surface area contributed by atoms with Crippen LogP contribution in [0.25, 0.3) is 0 Å². The summed E-state index contributed by atoms with van der Waals surface area (Å²) in [6.07, 6.45) is 1.53. The second kappa shape index (κ2) is 4.07. The zero-order valence-corrected chi connectivity index (χ0v) is 8.77. The quantitative estimate of drug-likeness (QED) is 0.777. The van der Waals surface area contributed by atoms with E-state index in [1.54, 1.807) is 19.1 Å². The summed E-state index contributed by atoms with van der Waals surface area (Å²) in [5.74, 6) is 0.0308. The van der Waals surface area contributed by atoms with Crippen LogP contribution in [0.15, 0.2) is 18.3 Å². The van der Waals surface area contributed by atoms with Crippen molar-refractivity contribution in [3.63, 3.8) is 0 Å². The van der Waals surface area contributed by atoms with Gasteiger partial charge in [-0.15, -0.1) is 0 Å². The SMILES string of the molecule is CCS(=O)(=O)Cc1ncccc1Cl. The summed E-state index contributed by atoms with van der Waals surface area (Å²) >= 11 is 5.76. The number of nitrogens with zero attached hydrogens (tertiary/aromatic N) is 1. The molecule has 0 amide bonds. The standard InChI is InChI=1S/C8H10ClNO2S/c1-2-13(11,12)6-8-7(9)4-3-5-10-8/h3-5H,2,6H2,1H3. The van der Waals surface area contributed by atoms with Gasteiger partial charge in [0.05, 0.1) is 16.5 Å². The summed E-state index contributed by atoms with van der Waals surface area (Å²) in [7, 11) is -3.04. The molecule has 0 radical (unpaired) electrons. The summed E-state index contributed by atoms with van der Waals surface area (Å²) in [4.78, 5) is 3.90. The van der Waals surface area contributed by atoms with Gasteiger partial charge in [0.25, 0.3) is 0 Å². The number of pyridine rings is 1. The van der Waals surface area contributed by atoms with Crippen LogP contribution in [0.2, 0.25) is 5.02 Å². The molecule has 0 saturated carbocycles. The lowest BCUT2D eigenvalue weighted by Crippen LogP contribution is -2.08. The number of hydrogen-bond acceptors (Lipinski definition) is 3. The van der Waals surface area contributed by atoms with E-state index in [9.17, 15) is 8.42 Å². The number of hydrogen-bond donors (Lipinski definition) is 0. The highest BCUT2D eigenvalue weighted by atomic mass is 35.5. The zero-order chi connectivity index (χ0) is 9.90. The minimum Gasteiger partial charge on any atom is -0.259 e. The van der Waals surface area contributed by atoms with Crippen LogP contribution in [0.1, 0.15) is 12.6 Å². The first kappa shape index (κ1) is 10.5. The fourth-order valence-electron chi connectivity index (χ4n) is 0.835. The summed E-state index contributed by atoms with van der Waals surface area (Å²) in [5, 5.41) is 0.402. The van der Waals surface area contributed by atoms with Gasteiger partial charge in [-0.1, -0.05) is 18.5 Å². The van der Waals surface area contributed by atoms with E-state index in [-0.39, 0.29) is 11.5 Å². The van der Waals surface area contributed by atoms with Crippen LogP contribution >= 0.6 is 11.6 Å². The van der Waals surface area contributed by atoms with Crippen molar-refractivity contribution in [1.29, 1.82) is 0 Å². The van der Waals surface area contributed by atoms with E-state index in [1.807, 2.05) is 0 Å².